The number of nitrogens with zero attached hydrogens (tertiary/aromatic N) is 2. The summed E-state index contributed by atoms with van der Waals surface area (Å²) in [7, 11) is 0. The highest BCUT2D eigenvalue weighted by atomic mass is 15.2. The van der Waals surface area contributed by atoms with Gasteiger partial charge in [-0.3, -0.25) is 10.2 Å². The molecule has 0 bridgehead atoms. The number of hydrogen-bond donors (Lipinski definition) is 2. The Morgan fingerprint density at radius 1 is 1.06 bits per heavy atom. The van der Waals surface area contributed by atoms with E-state index < -0.39 is 0 Å². The topological polar surface area (TPSA) is 57.4 Å². The third-order valence-electron chi connectivity index (χ3n) is 2.91. The molecule has 2 N–H and O–H groups in total. The highest BCUT2D eigenvalue weighted by Crippen LogP contribution is 2.24. The fraction of sp³-hybridized carbons (Fsp3) is 0.571. The van der Waals surface area contributed by atoms with E-state index in [-0.39, 0.29) is 5.41 Å². The molecule has 0 aliphatic heterocycles. The van der Waals surface area contributed by atoms with E-state index in [4.69, 9.17) is 0 Å². The van der Waals surface area contributed by atoms with E-state index in [2.05, 4.69) is 67.1 Å². The van der Waals surface area contributed by atoms with Crippen LogP contribution in [0.1, 0.15) is 46.0 Å². The Balaban J connectivity index is 2.21. The van der Waals surface area contributed by atoms with Crippen LogP contribution in [0.4, 0.5) is 0 Å². The molecule has 0 aromatic carbocycles. The summed E-state index contributed by atoms with van der Waals surface area (Å²) in [5.41, 5.74) is 4.21. The van der Waals surface area contributed by atoms with Crippen LogP contribution in [-0.2, 0) is 11.8 Å². The molecule has 0 spiro atoms. The van der Waals surface area contributed by atoms with E-state index in [1.807, 2.05) is 0 Å². The lowest BCUT2D eigenvalue weighted by Gasteiger charge is -2.14. The standard InChI is InChI=1S/C14H22N4/c1-9(2)6-10-7-11(16-15-10)12-8-13(18-17-12)14(3,4)5/h7-9H,6H2,1-5H3,(H,15,16)(H,17,18). The summed E-state index contributed by atoms with van der Waals surface area (Å²) in [6, 6.07) is 4.16. The van der Waals surface area contributed by atoms with Crippen LogP contribution >= 0.6 is 0 Å². The van der Waals surface area contributed by atoms with Crippen LogP contribution in [-0.4, -0.2) is 20.4 Å². The molecular formula is C14H22N4. The van der Waals surface area contributed by atoms with Gasteiger partial charge < -0.3 is 0 Å². The first-order chi connectivity index (χ1) is 8.36. The van der Waals surface area contributed by atoms with Gasteiger partial charge in [-0.05, 0) is 24.5 Å². The molecule has 0 amide bonds. The lowest BCUT2D eigenvalue weighted by atomic mass is 9.92. The highest BCUT2D eigenvalue weighted by molar-refractivity contribution is 5.55. The lowest BCUT2D eigenvalue weighted by Crippen LogP contribution is -2.11. The number of hydrogen-bond acceptors (Lipinski definition) is 2. The lowest BCUT2D eigenvalue weighted by molar-refractivity contribution is 0.567. The van der Waals surface area contributed by atoms with Crippen molar-refractivity contribution in [1.82, 2.24) is 20.4 Å². The quantitative estimate of drug-likeness (QED) is 0.873. The van der Waals surface area contributed by atoms with Gasteiger partial charge in [0.2, 0.25) is 0 Å². The van der Waals surface area contributed by atoms with E-state index in [1.165, 1.54) is 5.69 Å². The first-order valence-electron chi connectivity index (χ1n) is 6.47. The van der Waals surface area contributed by atoms with Crippen LogP contribution in [0.15, 0.2) is 12.1 Å². The van der Waals surface area contributed by atoms with Crippen molar-refractivity contribution in [2.75, 3.05) is 0 Å². The second-order valence-electron chi connectivity index (χ2n) is 6.29. The monoisotopic (exact) mass is 246 g/mol. The Morgan fingerprint density at radius 3 is 2.22 bits per heavy atom. The zero-order valence-corrected chi connectivity index (χ0v) is 11.8. The normalized spacial score (nSPS) is 12.3. The predicted molar refractivity (Wildman–Crippen MR) is 73.4 cm³/mol. The third-order valence-corrected chi connectivity index (χ3v) is 2.91. The summed E-state index contributed by atoms with van der Waals surface area (Å²) in [6.07, 6.45) is 1.02. The van der Waals surface area contributed by atoms with E-state index in [1.54, 1.807) is 0 Å². The van der Waals surface area contributed by atoms with Crippen molar-refractivity contribution in [2.24, 2.45) is 5.92 Å². The van der Waals surface area contributed by atoms with Crippen molar-refractivity contribution < 1.29 is 0 Å². The summed E-state index contributed by atoms with van der Waals surface area (Å²) in [6.45, 7) is 10.9. The van der Waals surface area contributed by atoms with Gasteiger partial charge >= 0.3 is 0 Å². The van der Waals surface area contributed by atoms with Crippen LogP contribution in [0.25, 0.3) is 11.4 Å². The maximum absolute atomic E-state index is 4.34. The van der Waals surface area contributed by atoms with Crippen molar-refractivity contribution >= 4 is 0 Å². The SMILES string of the molecule is CC(C)Cc1cc(-c2cc(C(C)(C)C)[nH]n2)n[nH]1. The molecule has 0 unspecified atom stereocenters. The molecule has 2 heterocycles. The van der Waals surface area contributed by atoms with Crippen LogP contribution in [0.5, 0.6) is 0 Å². The summed E-state index contributed by atoms with van der Waals surface area (Å²) >= 11 is 0. The molecular weight excluding hydrogens is 224 g/mol. The first kappa shape index (κ1) is 12.9. The molecule has 0 aliphatic carbocycles. The summed E-state index contributed by atoms with van der Waals surface area (Å²) < 4.78 is 0. The smallest absolute Gasteiger partial charge is 0.113 e. The van der Waals surface area contributed by atoms with Gasteiger partial charge in [0.15, 0.2) is 0 Å². The molecule has 0 saturated carbocycles. The molecule has 2 aromatic heterocycles. The van der Waals surface area contributed by atoms with Gasteiger partial charge in [0.25, 0.3) is 0 Å². The molecule has 0 aliphatic rings. The Kier molecular flexibility index (Phi) is 3.28. The molecule has 2 rings (SSSR count). The minimum atomic E-state index is 0.0856. The van der Waals surface area contributed by atoms with E-state index >= 15 is 0 Å². The van der Waals surface area contributed by atoms with E-state index in [0.29, 0.717) is 5.92 Å². The molecule has 18 heavy (non-hydrogen) atoms. The van der Waals surface area contributed by atoms with Crippen molar-refractivity contribution in [3.63, 3.8) is 0 Å². The third kappa shape index (κ3) is 2.81. The van der Waals surface area contributed by atoms with Crippen molar-refractivity contribution in [3.05, 3.63) is 23.5 Å². The minimum absolute atomic E-state index is 0.0856. The van der Waals surface area contributed by atoms with Gasteiger partial charge in [-0.25, -0.2) is 0 Å². The summed E-state index contributed by atoms with van der Waals surface area (Å²) in [4.78, 5) is 0. The Morgan fingerprint density at radius 2 is 1.67 bits per heavy atom. The largest absolute Gasteiger partial charge is 0.282 e. The molecule has 4 nitrogen and oxygen atoms in total. The van der Waals surface area contributed by atoms with E-state index in [9.17, 15) is 0 Å². The fourth-order valence-corrected chi connectivity index (χ4v) is 1.87. The Hall–Kier alpha value is -1.58. The molecule has 4 heteroatoms. The minimum Gasteiger partial charge on any atom is -0.282 e. The second kappa shape index (κ2) is 4.59. The summed E-state index contributed by atoms with van der Waals surface area (Å²) in [5, 5.41) is 14.8. The number of aromatic nitrogens is 4. The van der Waals surface area contributed by atoms with Gasteiger partial charge in [0.05, 0.1) is 0 Å². The fourth-order valence-electron chi connectivity index (χ4n) is 1.87. The number of rotatable bonds is 3. The molecule has 0 fully saturated rings. The molecule has 2 aromatic rings. The molecule has 0 saturated heterocycles. The van der Waals surface area contributed by atoms with Crippen LogP contribution < -0.4 is 0 Å². The van der Waals surface area contributed by atoms with Crippen LogP contribution in [0.2, 0.25) is 0 Å². The Bertz CT molecular complexity index is 514. The average molecular weight is 246 g/mol. The first-order valence-corrected chi connectivity index (χ1v) is 6.47. The number of aromatic amines is 2. The van der Waals surface area contributed by atoms with Crippen molar-refractivity contribution in [2.45, 2.75) is 46.5 Å². The van der Waals surface area contributed by atoms with Crippen molar-refractivity contribution in [3.8, 4) is 11.4 Å². The molecule has 0 atom stereocenters. The summed E-state index contributed by atoms with van der Waals surface area (Å²) in [5.74, 6) is 0.627. The van der Waals surface area contributed by atoms with Crippen LogP contribution in [0.3, 0.4) is 0 Å². The van der Waals surface area contributed by atoms with E-state index in [0.717, 1.165) is 23.5 Å². The zero-order valence-electron chi connectivity index (χ0n) is 11.8. The van der Waals surface area contributed by atoms with Gasteiger partial charge in [-0.1, -0.05) is 34.6 Å². The van der Waals surface area contributed by atoms with Crippen molar-refractivity contribution in [1.29, 1.82) is 0 Å². The van der Waals surface area contributed by atoms with Gasteiger partial charge in [-0.15, -0.1) is 0 Å². The van der Waals surface area contributed by atoms with Crippen LogP contribution in [0, 0.1) is 5.92 Å². The number of nitrogens with one attached hydrogen (secondary N) is 2. The van der Waals surface area contributed by atoms with Gasteiger partial charge in [-0.2, -0.15) is 10.2 Å². The maximum Gasteiger partial charge on any atom is 0.113 e. The zero-order chi connectivity index (χ0) is 13.3. The maximum atomic E-state index is 4.34. The predicted octanol–water partition coefficient (Wildman–Crippen LogP) is 3.30. The second-order valence-corrected chi connectivity index (χ2v) is 6.29. The number of H-pyrrole nitrogens is 2. The average Bonchev–Trinajstić information content (AvgIpc) is 2.81. The molecule has 0 radical (unpaired) electrons. The highest BCUT2D eigenvalue weighted by Gasteiger charge is 2.18. The Labute approximate surface area is 108 Å². The molecule has 98 valence electrons. The van der Waals surface area contributed by atoms with Gasteiger partial charge in [0.1, 0.15) is 11.4 Å². The van der Waals surface area contributed by atoms with Gasteiger partial charge in [0, 0.05) is 16.8 Å².